The molecule has 36 heavy (non-hydrogen) atoms. The maximum absolute atomic E-state index is 12.9. The van der Waals surface area contributed by atoms with Crippen LogP contribution in [0.5, 0.6) is 0 Å². The largest absolute Gasteiger partial charge is 0.384 e. The lowest BCUT2D eigenvalue weighted by Crippen LogP contribution is -2.24. The third-order valence-electron chi connectivity index (χ3n) is 5.71. The highest BCUT2D eigenvalue weighted by molar-refractivity contribution is 7.89. The first kappa shape index (κ1) is 24.8. The Bertz CT molecular complexity index is 1650. The Hall–Kier alpha value is -4.34. The molecule has 3 aromatic heterocycles. The van der Waals surface area contributed by atoms with E-state index in [4.69, 9.17) is 10.9 Å². The molecule has 0 fully saturated rings. The minimum Gasteiger partial charge on any atom is -0.384 e. The molecule has 0 aliphatic rings. The summed E-state index contributed by atoms with van der Waals surface area (Å²) in [5.74, 6) is -0.0738. The number of carbonyl (C=O) groups is 1. The number of nitriles is 1. The fourth-order valence-electron chi connectivity index (χ4n) is 4.05. The summed E-state index contributed by atoms with van der Waals surface area (Å²) in [6.45, 7) is 5.83. The summed E-state index contributed by atoms with van der Waals surface area (Å²) in [5, 5.41) is 22.6. The second kappa shape index (κ2) is 9.37. The molecule has 4 aromatic rings. The van der Waals surface area contributed by atoms with E-state index in [-0.39, 0.29) is 34.8 Å². The Morgan fingerprint density at radius 2 is 1.94 bits per heavy atom. The molecule has 3 heterocycles. The summed E-state index contributed by atoms with van der Waals surface area (Å²) in [7, 11) is -4.04. The van der Waals surface area contributed by atoms with E-state index in [9.17, 15) is 18.5 Å². The first-order valence-corrected chi connectivity index (χ1v) is 12.4. The molecule has 0 saturated heterocycles. The van der Waals surface area contributed by atoms with Crippen molar-refractivity contribution in [3.05, 3.63) is 75.9 Å². The summed E-state index contributed by atoms with van der Waals surface area (Å²) >= 11 is 0. The second-order valence-electron chi connectivity index (χ2n) is 8.53. The first-order chi connectivity index (χ1) is 17.0. The zero-order valence-corrected chi connectivity index (χ0v) is 20.7. The summed E-state index contributed by atoms with van der Waals surface area (Å²) < 4.78 is 25.8. The van der Waals surface area contributed by atoms with Crippen molar-refractivity contribution >= 4 is 32.7 Å². The minimum atomic E-state index is -4.04. The lowest BCUT2D eigenvalue weighted by molar-refractivity contribution is 0.0950. The van der Waals surface area contributed by atoms with Crippen molar-refractivity contribution < 1.29 is 13.2 Å². The maximum Gasteiger partial charge on any atom is 0.256 e. The molecule has 11 nitrogen and oxygen atoms in total. The van der Waals surface area contributed by atoms with Gasteiger partial charge in [0.25, 0.3) is 5.91 Å². The van der Waals surface area contributed by atoms with Crippen molar-refractivity contribution in [2.24, 2.45) is 5.14 Å². The van der Waals surface area contributed by atoms with Crippen LogP contribution >= 0.6 is 0 Å². The van der Waals surface area contributed by atoms with Crippen LogP contribution in [-0.2, 0) is 23.1 Å². The highest BCUT2D eigenvalue weighted by Gasteiger charge is 2.19. The highest BCUT2D eigenvalue weighted by atomic mass is 32.2. The van der Waals surface area contributed by atoms with Gasteiger partial charge in [0.15, 0.2) is 5.69 Å². The van der Waals surface area contributed by atoms with Crippen LogP contribution in [0.1, 0.15) is 44.0 Å². The standard InChI is InChI=1S/C24H24N8O3S/c1-13-4-17-6-16(7-21(36(27,34)35)23(17)28-9-13)11-32-12-19(20(8-25)31-32)24(33)29-10-18-14(2)5-22(26)30-15(18)3/h4-7,9,12H,10-11H2,1-3H3,(H2,26,30)(H,29,33)(H2,27,34,35). The average Bonchev–Trinajstić information content (AvgIpc) is 3.19. The number of nitrogens with two attached hydrogens (primary N) is 2. The molecule has 0 saturated carbocycles. The Kier molecular flexibility index (Phi) is 6.45. The lowest BCUT2D eigenvalue weighted by atomic mass is 10.1. The molecule has 5 N–H and O–H groups in total. The van der Waals surface area contributed by atoms with Gasteiger partial charge in [0, 0.05) is 30.0 Å². The summed E-state index contributed by atoms with van der Waals surface area (Å²) in [4.78, 5) is 21.2. The van der Waals surface area contributed by atoms with Crippen molar-refractivity contribution in [2.45, 2.75) is 38.8 Å². The Labute approximate surface area is 207 Å². The summed E-state index contributed by atoms with van der Waals surface area (Å²) in [6.07, 6.45) is 3.02. The summed E-state index contributed by atoms with van der Waals surface area (Å²) in [6, 6.07) is 8.67. The molecule has 0 bridgehead atoms. The third-order valence-corrected chi connectivity index (χ3v) is 6.63. The first-order valence-electron chi connectivity index (χ1n) is 10.9. The molecule has 0 unspecified atom stereocenters. The van der Waals surface area contributed by atoms with Crippen LogP contribution < -0.4 is 16.2 Å². The predicted octanol–water partition coefficient (Wildman–Crippen LogP) is 1.83. The number of nitrogens with zero attached hydrogens (tertiary/aromatic N) is 5. The minimum absolute atomic E-state index is 0.0543. The van der Waals surface area contributed by atoms with Gasteiger partial charge in [-0.15, -0.1) is 0 Å². The quantitative estimate of drug-likeness (QED) is 0.355. The zero-order valence-electron chi connectivity index (χ0n) is 19.9. The van der Waals surface area contributed by atoms with Gasteiger partial charge in [-0.1, -0.05) is 0 Å². The second-order valence-corrected chi connectivity index (χ2v) is 10.1. The number of pyridine rings is 2. The van der Waals surface area contributed by atoms with Crippen molar-refractivity contribution in [1.82, 2.24) is 25.1 Å². The van der Waals surface area contributed by atoms with Crippen molar-refractivity contribution in [3.8, 4) is 6.07 Å². The van der Waals surface area contributed by atoms with Crippen molar-refractivity contribution in [2.75, 3.05) is 5.73 Å². The predicted molar refractivity (Wildman–Crippen MR) is 133 cm³/mol. The summed E-state index contributed by atoms with van der Waals surface area (Å²) in [5.41, 5.74) is 9.92. The van der Waals surface area contributed by atoms with Crippen molar-refractivity contribution in [1.29, 1.82) is 5.26 Å². The third kappa shape index (κ3) is 5.02. The molecular weight excluding hydrogens is 480 g/mol. The SMILES string of the molecule is Cc1cnc2c(S(N)(=O)=O)cc(Cn3cc(C(=O)NCc4c(C)cc(N)nc4C)c(C#N)n3)cc2c1. The van der Waals surface area contributed by atoms with E-state index < -0.39 is 15.9 Å². The Morgan fingerprint density at radius 1 is 1.19 bits per heavy atom. The molecule has 4 rings (SSSR count). The van der Waals surface area contributed by atoms with E-state index in [1.165, 1.54) is 16.9 Å². The Morgan fingerprint density at radius 3 is 2.61 bits per heavy atom. The molecule has 0 aliphatic carbocycles. The van der Waals surface area contributed by atoms with Gasteiger partial charge in [-0.2, -0.15) is 10.4 Å². The van der Waals surface area contributed by atoms with Gasteiger partial charge >= 0.3 is 0 Å². The molecule has 0 aliphatic heterocycles. The van der Waals surface area contributed by atoms with Gasteiger partial charge < -0.3 is 11.1 Å². The molecule has 184 valence electrons. The number of sulfonamides is 1. The van der Waals surface area contributed by atoms with Crippen LogP contribution in [0.25, 0.3) is 10.9 Å². The zero-order chi connectivity index (χ0) is 26.2. The van der Waals surface area contributed by atoms with Crippen molar-refractivity contribution in [3.63, 3.8) is 0 Å². The maximum atomic E-state index is 12.9. The van der Waals surface area contributed by atoms with E-state index >= 15 is 0 Å². The molecule has 12 heteroatoms. The van der Waals surface area contributed by atoms with Crippen LogP contribution in [0.4, 0.5) is 5.82 Å². The normalized spacial score (nSPS) is 11.4. The van der Waals surface area contributed by atoms with Crippen LogP contribution in [0.3, 0.4) is 0 Å². The number of nitrogens with one attached hydrogen (secondary N) is 1. The number of hydrogen-bond donors (Lipinski definition) is 3. The van der Waals surface area contributed by atoms with Gasteiger partial charge in [0.1, 0.15) is 16.8 Å². The molecule has 0 spiro atoms. The average molecular weight is 505 g/mol. The number of aromatic nitrogens is 4. The van der Waals surface area contributed by atoms with E-state index in [1.54, 1.807) is 31.3 Å². The van der Waals surface area contributed by atoms with Gasteiger partial charge in [-0.05, 0) is 67.3 Å². The van der Waals surface area contributed by atoms with E-state index in [1.807, 2.05) is 19.9 Å². The molecule has 1 aromatic carbocycles. The van der Waals surface area contributed by atoms with Gasteiger partial charge in [0.05, 0.1) is 17.6 Å². The lowest BCUT2D eigenvalue weighted by Gasteiger charge is -2.11. The van der Waals surface area contributed by atoms with Crippen LogP contribution in [-0.4, -0.2) is 34.1 Å². The molecule has 0 radical (unpaired) electrons. The van der Waals surface area contributed by atoms with E-state index in [2.05, 4.69) is 20.4 Å². The monoisotopic (exact) mass is 504 g/mol. The van der Waals surface area contributed by atoms with E-state index in [0.29, 0.717) is 22.5 Å². The van der Waals surface area contributed by atoms with Gasteiger partial charge in [-0.25, -0.2) is 18.5 Å². The number of anilines is 1. The van der Waals surface area contributed by atoms with E-state index in [0.717, 1.165) is 16.7 Å². The number of fused-ring (bicyclic) bond motifs is 1. The van der Waals surface area contributed by atoms with Crippen LogP contribution in [0.2, 0.25) is 0 Å². The van der Waals surface area contributed by atoms with Gasteiger partial charge in [0.2, 0.25) is 10.0 Å². The fourth-order valence-corrected chi connectivity index (χ4v) is 4.81. The number of rotatable bonds is 6. The van der Waals surface area contributed by atoms with Crippen LogP contribution in [0.15, 0.2) is 41.6 Å². The fraction of sp³-hybridized carbons (Fsp3) is 0.208. The van der Waals surface area contributed by atoms with Crippen LogP contribution in [0, 0.1) is 32.1 Å². The highest BCUT2D eigenvalue weighted by Crippen LogP contribution is 2.24. The smallest absolute Gasteiger partial charge is 0.256 e. The molecular formula is C24H24N8O3S. The topological polar surface area (TPSA) is 183 Å². The van der Waals surface area contributed by atoms with Gasteiger partial charge in [-0.3, -0.25) is 14.5 Å². The number of aryl methyl sites for hydroxylation is 3. The number of carbonyl (C=O) groups excluding carboxylic acids is 1. The number of amides is 1. The molecule has 1 amide bonds. The number of benzene rings is 1. The number of nitrogen functional groups attached to an aromatic ring is 1. The number of hydrogen-bond acceptors (Lipinski definition) is 8. The Balaban J connectivity index is 1.63. The molecule has 0 atom stereocenters. The number of primary sulfonamides is 1.